The lowest BCUT2D eigenvalue weighted by atomic mass is 10.2. The van der Waals surface area contributed by atoms with E-state index < -0.39 is 0 Å². The average molecular weight is 329 g/mol. The minimum atomic E-state index is -0.167. The zero-order valence-corrected chi connectivity index (χ0v) is 14.5. The zero-order chi connectivity index (χ0) is 16.9. The summed E-state index contributed by atoms with van der Waals surface area (Å²) >= 11 is 0. The number of hydrogen-bond acceptors (Lipinski definition) is 5. The van der Waals surface area contributed by atoms with Crippen LogP contribution in [-0.2, 0) is 19.1 Å². The largest absolute Gasteiger partial charge is 0.375 e. The van der Waals surface area contributed by atoms with Crippen molar-refractivity contribution in [2.45, 2.75) is 25.7 Å². The van der Waals surface area contributed by atoms with Crippen molar-refractivity contribution in [3.05, 3.63) is 0 Å². The summed E-state index contributed by atoms with van der Waals surface area (Å²) < 4.78 is 9.72. The van der Waals surface area contributed by atoms with Crippen LogP contribution in [0.3, 0.4) is 0 Å². The first-order valence-electron chi connectivity index (χ1n) is 8.42. The van der Waals surface area contributed by atoms with Crippen LogP contribution in [0.1, 0.15) is 25.7 Å². The number of nitrogens with zero attached hydrogens (tertiary/aromatic N) is 2. The molecule has 1 N–H and O–H groups in total. The van der Waals surface area contributed by atoms with E-state index in [0.29, 0.717) is 19.6 Å². The Kier molecular flexibility index (Phi) is 10.6. The van der Waals surface area contributed by atoms with Gasteiger partial charge in [0.15, 0.2) is 0 Å². The maximum Gasteiger partial charge on any atom is 0.248 e. The maximum atomic E-state index is 12.1. The van der Waals surface area contributed by atoms with Crippen molar-refractivity contribution in [1.29, 1.82) is 0 Å². The van der Waals surface area contributed by atoms with Gasteiger partial charge in [-0.2, -0.15) is 0 Å². The first-order chi connectivity index (χ1) is 11.2. The van der Waals surface area contributed by atoms with Gasteiger partial charge in [-0.3, -0.25) is 9.59 Å². The molecule has 0 aromatic rings. The third-order valence-electron chi connectivity index (χ3n) is 3.98. The smallest absolute Gasteiger partial charge is 0.248 e. The Morgan fingerprint density at radius 2 is 1.65 bits per heavy atom. The van der Waals surface area contributed by atoms with Crippen LogP contribution in [0, 0.1) is 0 Å². The number of rotatable bonds is 10. The Morgan fingerprint density at radius 1 is 1.00 bits per heavy atom. The highest BCUT2D eigenvalue weighted by Gasteiger charge is 2.16. The standard InChI is InChI=1S/C16H31N3O4/c1-22-13-15(20)17-7-10-19(16(21)14-23-2)12-11-18-8-5-3-4-6-9-18/h3-14H2,1-2H3,(H,17,20). The summed E-state index contributed by atoms with van der Waals surface area (Å²) in [4.78, 5) is 27.7. The van der Waals surface area contributed by atoms with E-state index in [2.05, 4.69) is 10.2 Å². The third kappa shape index (κ3) is 8.88. The van der Waals surface area contributed by atoms with E-state index in [-0.39, 0.29) is 25.0 Å². The van der Waals surface area contributed by atoms with E-state index >= 15 is 0 Å². The number of hydrogen-bond donors (Lipinski definition) is 1. The fraction of sp³-hybridized carbons (Fsp3) is 0.875. The first kappa shape index (κ1) is 19.9. The molecule has 7 nitrogen and oxygen atoms in total. The molecule has 134 valence electrons. The average Bonchev–Trinajstić information content (AvgIpc) is 2.79. The summed E-state index contributed by atoms with van der Waals surface area (Å²) in [6, 6.07) is 0. The second kappa shape index (κ2) is 12.3. The molecule has 2 amide bonds. The van der Waals surface area contributed by atoms with Crippen LogP contribution in [0.15, 0.2) is 0 Å². The summed E-state index contributed by atoms with van der Waals surface area (Å²) in [6.07, 6.45) is 5.07. The molecule has 23 heavy (non-hydrogen) atoms. The second-order valence-corrected chi connectivity index (χ2v) is 5.85. The predicted molar refractivity (Wildman–Crippen MR) is 88.2 cm³/mol. The van der Waals surface area contributed by atoms with Crippen LogP contribution in [0.2, 0.25) is 0 Å². The third-order valence-corrected chi connectivity index (χ3v) is 3.98. The quantitative estimate of drug-likeness (QED) is 0.615. The van der Waals surface area contributed by atoms with E-state index in [1.807, 2.05) is 0 Å². The Labute approximate surface area is 139 Å². The highest BCUT2D eigenvalue weighted by atomic mass is 16.5. The van der Waals surface area contributed by atoms with Gasteiger partial charge in [-0.15, -0.1) is 0 Å². The van der Waals surface area contributed by atoms with E-state index in [0.717, 1.165) is 19.6 Å². The van der Waals surface area contributed by atoms with Crippen molar-refractivity contribution in [3.8, 4) is 0 Å². The lowest BCUT2D eigenvalue weighted by Crippen LogP contribution is -2.44. The molecule has 0 spiro atoms. The number of likely N-dealkylation sites (tertiary alicyclic amines) is 1. The van der Waals surface area contributed by atoms with Crippen molar-refractivity contribution in [2.24, 2.45) is 0 Å². The molecule has 0 atom stereocenters. The molecule has 1 aliphatic rings. The topological polar surface area (TPSA) is 71.1 Å². The van der Waals surface area contributed by atoms with Crippen LogP contribution in [-0.4, -0.2) is 88.3 Å². The maximum absolute atomic E-state index is 12.1. The molecule has 1 rings (SSSR count). The SMILES string of the molecule is COCC(=O)NCCN(CCN1CCCCCC1)C(=O)COC. The molecule has 1 aliphatic heterocycles. The highest BCUT2D eigenvalue weighted by Crippen LogP contribution is 2.09. The number of ether oxygens (including phenoxy) is 2. The van der Waals surface area contributed by atoms with E-state index in [1.54, 1.807) is 4.90 Å². The van der Waals surface area contributed by atoms with Crippen LogP contribution < -0.4 is 5.32 Å². The summed E-state index contributed by atoms with van der Waals surface area (Å²) in [5, 5.41) is 2.75. The van der Waals surface area contributed by atoms with Crippen LogP contribution in [0.4, 0.5) is 0 Å². The molecule has 0 unspecified atom stereocenters. The number of carbonyl (C=O) groups is 2. The van der Waals surface area contributed by atoms with Gasteiger partial charge >= 0.3 is 0 Å². The van der Waals surface area contributed by atoms with Crippen LogP contribution in [0.25, 0.3) is 0 Å². The molecule has 1 saturated heterocycles. The molecule has 1 heterocycles. The molecular weight excluding hydrogens is 298 g/mol. The van der Waals surface area contributed by atoms with E-state index in [1.165, 1.54) is 39.9 Å². The molecule has 7 heteroatoms. The van der Waals surface area contributed by atoms with Gasteiger partial charge in [0.1, 0.15) is 13.2 Å². The summed E-state index contributed by atoms with van der Waals surface area (Å²) in [6.45, 7) is 4.80. The molecule has 0 aromatic carbocycles. The lowest BCUT2D eigenvalue weighted by molar-refractivity contribution is -0.135. The van der Waals surface area contributed by atoms with E-state index in [4.69, 9.17) is 9.47 Å². The summed E-state index contributed by atoms with van der Waals surface area (Å²) in [5.74, 6) is -0.206. The van der Waals surface area contributed by atoms with Gasteiger partial charge in [-0.25, -0.2) is 0 Å². The van der Waals surface area contributed by atoms with Crippen LogP contribution in [0.5, 0.6) is 0 Å². The Balaban J connectivity index is 2.38. The minimum absolute atomic E-state index is 0.0386. The van der Waals surface area contributed by atoms with Crippen molar-refractivity contribution < 1.29 is 19.1 Å². The van der Waals surface area contributed by atoms with Crippen molar-refractivity contribution in [1.82, 2.24) is 15.1 Å². The fourth-order valence-corrected chi connectivity index (χ4v) is 2.71. The van der Waals surface area contributed by atoms with Crippen LogP contribution >= 0.6 is 0 Å². The fourth-order valence-electron chi connectivity index (χ4n) is 2.71. The molecule has 0 bridgehead atoms. The second-order valence-electron chi connectivity index (χ2n) is 5.85. The molecule has 0 aromatic heterocycles. The van der Waals surface area contributed by atoms with Gasteiger partial charge in [-0.1, -0.05) is 12.8 Å². The van der Waals surface area contributed by atoms with E-state index in [9.17, 15) is 9.59 Å². The van der Waals surface area contributed by atoms with Crippen molar-refractivity contribution >= 4 is 11.8 Å². The highest BCUT2D eigenvalue weighted by molar-refractivity contribution is 5.78. The number of methoxy groups -OCH3 is 2. The predicted octanol–water partition coefficient (Wildman–Crippen LogP) is 0.100. The van der Waals surface area contributed by atoms with Gasteiger partial charge in [0.2, 0.25) is 11.8 Å². The zero-order valence-electron chi connectivity index (χ0n) is 14.5. The van der Waals surface area contributed by atoms with Gasteiger partial charge in [0.05, 0.1) is 0 Å². The molecule has 1 fully saturated rings. The Hall–Kier alpha value is -1.18. The monoisotopic (exact) mass is 329 g/mol. The van der Waals surface area contributed by atoms with Crippen molar-refractivity contribution in [2.75, 3.05) is 66.7 Å². The van der Waals surface area contributed by atoms with Gasteiger partial charge < -0.3 is 24.6 Å². The molecule has 0 saturated carbocycles. The Bertz CT molecular complexity index is 344. The Morgan fingerprint density at radius 3 is 2.26 bits per heavy atom. The summed E-state index contributed by atoms with van der Waals surface area (Å²) in [7, 11) is 3.00. The van der Waals surface area contributed by atoms with Gasteiger partial charge in [-0.05, 0) is 25.9 Å². The number of amides is 2. The van der Waals surface area contributed by atoms with Gasteiger partial charge in [0, 0.05) is 40.4 Å². The summed E-state index contributed by atoms with van der Waals surface area (Å²) in [5.41, 5.74) is 0. The van der Waals surface area contributed by atoms with Crippen molar-refractivity contribution in [3.63, 3.8) is 0 Å². The first-order valence-corrected chi connectivity index (χ1v) is 8.42. The lowest BCUT2D eigenvalue weighted by Gasteiger charge is -2.27. The normalized spacial score (nSPS) is 15.9. The number of nitrogens with one attached hydrogen (secondary N) is 1. The molecule has 0 radical (unpaired) electrons. The molecule has 0 aliphatic carbocycles. The number of carbonyl (C=O) groups excluding carboxylic acids is 2. The minimum Gasteiger partial charge on any atom is -0.375 e. The molecular formula is C16H31N3O4. The van der Waals surface area contributed by atoms with Gasteiger partial charge in [0.25, 0.3) is 0 Å².